The van der Waals surface area contributed by atoms with Gasteiger partial charge in [0.2, 0.25) is 0 Å². The van der Waals surface area contributed by atoms with Crippen LogP contribution in [0.2, 0.25) is 5.02 Å². The average molecular weight is 297 g/mol. The Morgan fingerprint density at radius 1 is 1.32 bits per heavy atom. The summed E-state index contributed by atoms with van der Waals surface area (Å²) in [5, 5.41) is 12.9. The standard InChI is InChI=1S/C15H21ClN2S/c1-15(12-17,18-2)9-3-4-10-19-11-13-5-7-14(16)8-6-13/h5-8,18H,3-4,9-11H2,1-2H3. The number of rotatable bonds is 8. The van der Waals surface area contributed by atoms with Crippen LogP contribution in [0.3, 0.4) is 0 Å². The zero-order valence-electron chi connectivity index (χ0n) is 11.6. The van der Waals surface area contributed by atoms with Crippen LogP contribution in [0.4, 0.5) is 0 Å². The van der Waals surface area contributed by atoms with E-state index in [9.17, 15) is 0 Å². The van der Waals surface area contributed by atoms with Crippen molar-refractivity contribution in [1.82, 2.24) is 5.32 Å². The predicted molar refractivity (Wildman–Crippen MR) is 84.5 cm³/mol. The molecule has 1 aromatic rings. The van der Waals surface area contributed by atoms with Gasteiger partial charge in [-0.15, -0.1) is 0 Å². The molecule has 1 rings (SSSR count). The van der Waals surface area contributed by atoms with Crippen LogP contribution in [0.5, 0.6) is 0 Å². The molecule has 0 bridgehead atoms. The summed E-state index contributed by atoms with van der Waals surface area (Å²) in [6.07, 6.45) is 3.14. The minimum atomic E-state index is -0.374. The lowest BCUT2D eigenvalue weighted by atomic mass is 9.97. The number of nitrogens with zero attached hydrogens (tertiary/aromatic N) is 1. The molecule has 0 saturated carbocycles. The Balaban J connectivity index is 2.12. The highest BCUT2D eigenvalue weighted by Crippen LogP contribution is 2.18. The van der Waals surface area contributed by atoms with Crippen molar-refractivity contribution in [2.24, 2.45) is 0 Å². The Kier molecular flexibility index (Phi) is 7.30. The minimum absolute atomic E-state index is 0.374. The summed E-state index contributed by atoms with van der Waals surface area (Å²) in [7, 11) is 1.85. The monoisotopic (exact) mass is 296 g/mol. The molecule has 0 heterocycles. The molecule has 4 heteroatoms. The van der Waals surface area contributed by atoms with E-state index >= 15 is 0 Å². The van der Waals surface area contributed by atoms with Gasteiger partial charge in [-0.25, -0.2) is 0 Å². The Morgan fingerprint density at radius 3 is 2.58 bits per heavy atom. The van der Waals surface area contributed by atoms with E-state index in [1.54, 1.807) is 0 Å². The predicted octanol–water partition coefficient (Wildman–Crippen LogP) is 4.25. The second-order valence-electron chi connectivity index (χ2n) is 4.83. The molecule has 0 amide bonds. The average Bonchev–Trinajstić information content (AvgIpc) is 2.44. The van der Waals surface area contributed by atoms with Gasteiger partial charge in [-0.3, -0.25) is 0 Å². The number of nitriles is 1. The van der Waals surface area contributed by atoms with Crippen LogP contribution in [0.1, 0.15) is 31.7 Å². The van der Waals surface area contributed by atoms with Crippen molar-refractivity contribution in [1.29, 1.82) is 5.26 Å². The number of hydrogen-bond acceptors (Lipinski definition) is 3. The number of nitrogens with one attached hydrogen (secondary N) is 1. The van der Waals surface area contributed by atoms with E-state index in [1.807, 2.05) is 37.9 Å². The molecular formula is C15H21ClN2S. The Hall–Kier alpha value is -0.690. The van der Waals surface area contributed by atoms with Crippen molar-refractivity contribution < 1.29 is 0 Å². The van der Waals surface area contributed by atoms with Gasteiger partial charge >= 0.3 is 0 Å². The fourth-order valence-corrected chi connectivity index (χ4v) is 2.80. The quantitative estimate of drug-likeness (QED) is 0.729. The van der Waals surface area contributed by atoms with Gasteiger partial charge in [0, 0.05) is 10.8 Å². The highest BCUT2D eigenvalue weighted by molar-refractivity contribution is 7.98. The number of unbranched alkanes of at least 4 members (excludes halogenated alkanes) is 1. The van der Waals surface area contributed by atoms with Crippen LogP contribution >= 0.6 is 23.4 Å². The Morgan fingerprint density at radius 2 is 2.00 bits per heavy atom. The summed E-state index contributed by atoms with van der Waals surface area (Å²) in [5.41, 5.74) is 0.937. The summed E-state index contributed by atoms with van der Waals surface area (Å²) in [5.74, 6) is 2.16. The van der Waals surface area contributed by atoms with E-state index in [1.165, 1.54) is 5.56 Å². The maximum absolute atomic E-state index is 9.03. The first-order valence-electron chi connectivity index (χ1n) is 6.52. The number of thioether (sulfide) groups is 1. The first-order valence-corrected chi connectivity index (χ1v) is 8.05. The summed E-state index contributed by atoms with van der Waals surface area (Å²) < 4.78 is 0. The fraction of sp³-hybridized carbons (Fsp3) is 0.533. The van der Waals surface area contributed by atoms with Crippen LogP contribution in [-0.4, -0.2) is 18.3 Å². The number of halogens is 1. The molecule has 104 valence electrons. The number of benzene rings is 1. The van der Waals surface area contributed by atoms with Crippen molar-refractivity contribution in [2.45, 2.75) is 37.5 Å². The molecule has 1 unspecified atom stereocenters. The molecule has 2 nitrogen and oxygen atoms in total. The molecule has 0 radical (unpaired) electrons. The van der Waals surface area contributed by atoms with Gasteiger partial charge in [0.1, 0.15) is 5.54 Å². The molecule has 1 N–H and O–H groups in total. The zero-order chi connectivity index (χ0) is 14.1. The second-order valence-corrected chi connectivity index (χ2v) is 6.37. The molecule has 0 fully saturated rings. The maximum Gasteiger partial charge on any atom is 0.103 e. The highest BCUT2D eigenvalue weighted by atomic mass is 35.5. The van der Waals surface area contributed by atoms with Gasteiger partial charge in [-0.2, -0.15) is 17.0 Å². The van der Waals surface area contributed by atoms with E-state index in [-0.39, 0.29) is 5.54 Å². The first-order chi connectivity index (χ1) is 9.09. The third-order valence-electron chi connectivity index (χ3n) is 3.20. The van der Waals surface area contributed by atoms with Crippen molar-refractivity contribution in [3.63, 3.8) is 0 Å². The zero-order valence-corrected chi connectivity index (χ0v) is 13.2. The molecule has 0 spiro atoms. The van der Waals surface area contributed by atoms with E-state index in [4.69, 9.17) is 16.9 Å². The van der Waals surface area contributed by atoms with E-state index in [0.29, 0.717) is 0 Å². The SMILES string of the molecule is CNC(C)(C#N)CCCCSCc1ccc(Cl)cc1. The topological polar surface area (TPSA) is 35.8 Å². The van der Waals surface area contributed by atoms with E-state index < -0.39 is 0 Å². The lowest BCUT2D eigenvalue weighted by Gasteiger charge is -2.20. The van der Waals surface area contributed by atoms with Crippen LogP contribution in [-0.2, 0) is 5.75 Å². The minimum Gasteiger partial charge on any atom is -0.303 e. The molecule has 1 atom stereocenters. The Bertz CT molecular complexity index is 413. The molecular weight excluding hydrogens is 276 g/mol. The summed E-state index contributed by atoms with van der Waals surface area (Å²) in [6, 6.07) is 10.3. The summed E-state index contributed by atoms with van der Waals surface area (Å²) in [6.45, 7) is 1.95. The fourth-order valence-electron chi connectivity index (χ4n) is 1.69. The highest BCUT2D eigenvalue weighted by Gasteiger charge is 2.19. The second kappa shape index (κ2) is 8.47. The number of hydrogen-bond donors (Lipinski definition) is 1. The van der Waals surface area contributed by atoms with Gasteiger partial charge in [0.05, 0.1) is 6.07 Å². The van der Waals surface area contributed by atoms with Gasteiger partial charge in [-0.05, 0) is 56.7 Å². The lowest BCUT2D eigenvalue weighted by molar-refractivity contribution is 0.439. The molecule has 1 aromatic carbocycles. The van der Waals surface area contributed by atoms with E-state index in [0.717, 1.165) is 35.8 Å². The van der Waals surface area contributed by atoms with Crippen LogP contribution < -0.4 is 5.32 Å². The smallest absolute Gasteiger partial charge is 0.103 e. The van der Waals surface area contributed by atoms with Crippen LogP contribution in [0, 0.1) is 11.3 Å². The van der Waals surface area contributed by atoms with Crippen molar-refractivity contribution in [3.05, 3.63) is 34.9 Å². The van der Waals surface area contributed by atoms with Gasteiger partial charge in [-0.1, -0.05) is 23.7 Å². The molecule has 0 aliphatic rings. The van der Waals surface area contributed by atoms with Crippen molar-refractivity contribution in [3.8, 4) is 6.07 Å². The third kappa shape index (κ3) is 6.33. The normalized spacial score (nSPS) is 13.8. The van der Waals surface area contributed by atoms with Crippen LogP contribution in [0.25, 0.3) is 0 Å². The molecule has 0 aliphatic heterocycles. The lowest BCUT2D eigenvalue weighted by Crippen LogP contribution is -2.37. The molecule has 19 heavy (non-hydrogen) atoms. The molecule has 0 aromatic heterocycles. The largest absolute Gasteiger partial charge is 0.303 e. The maximum atomic E-state index is 9.03. The van der Waals surface area contributed by atoms with Crippen molar-refractivity contribution in [2.75, 3.05) is 12.8 Å². The van der Waals surface area contributed by atoms with Gasteiger partial charge in [0.15, 0.2) is 0 Å². The molecule has 0 saturated heterocycles. The first kappa shape index (κ1) is 16.4. The Labute approximate surface area is 125 Å². The molecule has 0 aliphatic carbocycles. The van der Waals surface area contributed by atoms with Crippen molar-refractivity contribution >= 4 is 23.4 Å². The van der Waals surface area contributed by atoms with Gasteiger partial charge < -0.3 is 5.32 Å². The summed E-state index contributed by atoms with van der Waals surface area (Å²) in [4.78, 5) is 0. The summed E-state index contributed by atoms with van der Waals surface area (Å²) >= 11 is 7.78. The van der Waals surface area contributed by atoms with Gasteiger partial charge in [0.25, 0.3) is 0 Å². The van der Waals surface area contributed by atoms with Crippen LogP contribution in [0.15, 0.2) is 24.3 Å². The van der Waals surface area contributed by atoms with E-state index in [2.05, 4.69) is 23.5 Å². The third-order valence-corrected chi connectivity index (χ3v) is 4.56.